The molecular formula is C55H47N. The molecule has 4 bridgehead atoms. The molecule has 5 atom stereocenters. The average molecular weight is 722 g/mol. The fourth-order valence-corrected chi connectivity index (χ4v) is 12.8. The van der Waals surface area contributed by atoms with Crippen molar-refractivity contribution in [2.24, 2.45) is 23.7 Å². The average Bonchev–Trinajstić information content (AvgIpc) is 3.89. The molecule has 1 spiro atoms. The first kappa shape index (κ1) is 32.6. The topological polar surface area (TPSA) is 3.24 Å². The van der Waals surface area contributed by atoms with Crippen molar-refractivity contribution >= 4 is 17.1 Å². The fraction of sp³-hybridized carbons (Fsp3) is 0.236. The molecule has 7 aromatic carbocycles. The lowest BCUT2D eigenvalue weighted by Gasteiger charge is -2.38. The van der Waals surface area contributed by atoms with E-state index in [4.69, 9.17) is 0 Å². The Labute approximate surface area is 331 Å². The van der Waals surface area contributed by atoms with E-state index in [-0.39, 0.29) is 10.8 Å². The second-order valence-corrected chi connectivity index (χ2v) is 18.2. The zero-order valence-electron chi connectivity index (χ0n) is 32.4. The quantitative estimate of drug-likeness (QED) is 0.171. The number of fused-ring (bicyclic) bond motifs is 6. The minimum atomic E-state index is -0.0918. The zero-order chi connectivity index (χ0) is 37.2. The fourth-order valence-electron chi connectivity index (χ4n) is 12.8. The Bertz CT molecular complexity index is 2670. The molecule has 0 aromatic heterocycles. The Morgan fingerprint density at radius 1 is 0.429 bits per heavy atom. The van der Waals surface area contributed by atoms with E-state index >= 15 is 0 Å². The largest absolute Gasteiger partial charge is 0.310 e. The predicted molar refractivity (Wildman–Crippen MR) is 233 cm³/mol. The highest BCUT2D eigenvalue weighted by molar-refractivity contribution is 5.93. The highest BCUT2D eigenvalue weighted by atomic mass is 15.1. The van der Waals surface area contributed by atoms with Crippen LogP contribution < -0.4 is 4.90 Å². The first-order valence-electron chi connectivity index (χ1n) is 21.0. The molecule has 4 saturated carbocycles. The van der Waals surface area contributed by atoms with Crippen LogP contribution in [0.4, 0.5) is 17.1 Å². The van der Waals surface area contributed by atoms with Crippen molar-refractivity contribution in [3.05, 3.63) is 186 Å². The summed E-state index contributed by atoms with van der Waals surface area (Å²) in [6.45, 7) is 4.76. The molecule has 56 heavy (non-hydrogen) atoms. The lowest BCUT2D eigenvalue weighted by atomic mass is 9.65. The monoisotopic (exact) mass is 721 g/mol. The van der Waals surface area contributed by atoms with E-state index in [2.05, 4.69) is 183 Å². The minimum absolute atomic E-state index is 0.0918. The summed E-state index contributed by atoms with van der Waals surface area (Å²) in [7, 11) is 0. The number of anilines is 3. The zero-order valence-corrected chi connectivity index (χ0v) is 32.4. The number of benzene rings is 7. The molecule has 6 aliphatic rings. The molecule has 1 heteroatoms. The van der Waals surface area contributed by atoms with Crippen LogP contribution in [0, 0.1) is 23.7 Å². The molecule has 13 rings (SSSR count). The van der Waals surface area contributed by atoms with Gasteiger partial charge in [0, 0.05) is 27.8 Å². The van der Waals surface area contributed by atoms with Gasteiger partial charge < -0.3 is 4.90 Å². The lowest BCUT2D eigenvalue weighted by molar-refractivity contribution is 0.305. The molecule has 272 valence electrons. The van der Waals surface area contributed by atoms with Gasteiger partial charge in [-0.1, -0.05) is 141 Å². The number of hydrogen-bond acceptors (Lipinski definition) is 1. The van der Waals surface area contributed by atoms with Gasteiger partial charge in [0.25, 0.3) is 0 Å². The number of hydrogen-bond donors (Lipinski definition) is 0. The molecule has 0 heterocycles. The van der Waals surface area contributed by atoms with Crippen LogP contribution in [0.5, 0.6) is 0 Å². The van der Waals surface area contributed by atoms with Crippen LogP contribution in [-0.4, -0.2) is 0 Å². The summed E-state index contributed by atoms with van der Waals surface area (Å²) in [6, 6.07) is 62.2. The van der Waals surface area contributed by atoms with Gasteiger partial charge in [-0.15, -0.1) is 0 Å². The molecule has 0 aliphatic heterocycles. The van der Waals surface area contributed by atoms with Gasteiger partial charge in [-0.2, -0.15) is 0 Å². The van der Waals surface area contributed by atoms with Gasteiger partial charge in [0.2, 0.25) is 0 Å². The molecule has 0 radical (unpaired) electrons. The number of nitrogens with zero attached hydrogens (tertiary/aromatic N) is 1. The number of para-hydroxylation sites is 1. The molecule has 1 unspecified atom stereocenters. The highest BCUT2D eigenvalue weighted by Crippen LogP contribution is 2.68. The standard InChI is InChI=1S/C55H47N/c1-54(2)49-17-9-6-15-45(49)47-26-25-43(33-52(47)54)56(42-23-20-37(21-24-42)36-12-4-3-5-13-36)53-19-11-8-14-44(53)38-22-27-51-48(32-38)46-16-7-10-18-50(46)55(51)34-35-28-39-30-41(55)31-40(39)29-35/h3-27,32-33,35,39-41H,28-31,34H2,1-2H3/t35?,39-,40+,41+,55-/m1/s1. The van der Waals surface area contributed by atoms with E-state index in [1.807, 2.05) is 0 Å². The molecular weight excluding hydrogens is 675 g/mol. The smallest absolute Gasteiger partial charge is 0.0540 e. The van der Waals surface area contributed by atoms with E-state index in [1.165, 1.54) is 99.1 Å². The number of rotatable bonds is 5. The van der Waals surface area contributed by atoms with Crippen molar-refractivity contribution in [1.29, 1.82) is 0 Å². The third kappa shape index (κ3) is 4.55. The van der Waals surface area contributed by atoms with Crippen molar-refractivity contribution in [1.82, 2.24) is 0 Å². The van der Waals surface area contributed by atoms with E-state index < -0.39 is 0 Å². The van der Waals surface area contributed by atoms with Crippen LogP contribution in [-0.2, 0) is 10.8 Å². The predicted octanol–water partition coefficient (Wildman–Crippen LogP) is 14.5. The molecule has 4 fully saturated rings. The van der Waals surface area contributed by atoms with Crippen LogP contribution in [0.15, 0.2) is 164 Å². The first-order chi connectivity index (χ1) is 27.5. The third-order valence-electron chi connectivity index (χ3n) is 15.1. The maximum Gasteiger partial charge on any atom is 0.0540 e. The first-order valence-corrected chi connectivity index (χ1v) is 21.0. The second-order valence-electron chi connectivity index (χ2n) is 18.2. The Hall–Kier alpha value is -5.66. The lowest BCUT2D eigenvalue weighted by Crippen LogP contribution is -2.33. The summed E-state index contributed by atoms with van der Waals surface area (Å²) in [5.41, 5.74) is 20.2. The molecule has 0 amide bonds. The van der Waals surface area contributed by atoms with Crippen LogP contribution in [0.25, 0.3) is 44.5 Å². The molecule has 0 saturated heterocycles. The maximum absolute atomic E-state index is 2.56. The molecule has 7 aromatic rings. The summed E-state index contributed by atoms with van der Waals surface area (Å²) < 4.78 is 0. The van der Waals surface area contributed by atoms with Crippen molar-refractivity contribution in [2.45, 2.75) is 56.8 Å². The van der Waals surface area contributed by atoms with Crippen LogP contribution >= 0.6 is 0 Å². The van der Waals surface area contributed by atoms with Gasteiger partial charge in [0.15, 0.2) is 0 Å². The van der Waals surface area contributed by atoms with Gasteiger partial charge in [-0.25, -0.2) is 0 Å². The van der Waals surface area contributed by atoms with E-state index in [0.29, 0.717) is 0 Å². The van der Waals surface area contributed by atoms with Crippen LogP contribution in [0.2, 0.25) is 0 Å². The normalized spacial score (nSPS) is 24.1. The maximum atomic E-state index is 2.56. The molecule has 1 nitrogen and oxygen atoms in total. The Morgan fingerprint density at radius 3 is 1.77 bits per heavy atom. The van der Waals surface area contributed by atoms with Crippen molar-refractivity contribution in [2.75, 3.05) is 4.90 Å². The summed E-state index contributed by atoms with van der Waals surface area (Å²) >= 11 is 0. The van der Waals surface area contributed by atoms with E-state index in [1.54, 1.807) is 11.1 Å². The van der Waals surface area contributed by atoms with Gasteiger partial charge in [0.1, 0.15) is 0 Å². The van der Waals surface area contributed by atoms with E-state index in [9.17, 15) is 0 Å². The molecule has 6 aliphatic carbocycles. The van der Waals surface area contributed by atoms with Crippen molar-refractivity contribution in [3.8, 4) is 44.5 Å². The second kappa shape index (κ2) is 11.9. The third-order valence-corrected chi connectivity index (χ3v) is 15.1. The summed E-state index contributed by atoms with van der Waals surface area (Å²) in [4.78, 5) is 2.50. The van der Waals surface area contributed by atoms with Gasteiger partial charge in [-0.3, -0.25) is 0 Å². The van der Waals surface area contributed by atoms with Gasteiger partial charge in [-0.05, 0) is 153 Å². The molecule has 0 N–H and O–H groups in total. The Balaban J connectivity index is 1.02. The van der Waals surface area contributed by atoms with Crippen LogP contribution in [0.1, 0.15) is 68.2 Å². The summed E-state index contributed by atoms with van der Waals surface area (Å²) in [5.74, 6) is 3.54. The van der Waals surface area contributed by atoms with Crippen molar-refractivity contribution in [3.63, 3.8) is 0 Å². The van der Waals surface area contributed by atoms with Crippen LogP contribution in [0.3, 0.4) is 0 Å². The Morgan fingerprint density at radius 2 is 1.00 bits per heavy atom. The van der Waals surface area contributed by atoms with Crippen molar-refractivity contribution < 1.29 is 0 Å². The summed E-state index contributed by atoms with van der Waals surface area (Å²) in [6.07, 6.45) is 7.08. The minimum Gasteiger partial charge on any atom is -0.310 e. The summed E-state index contributed by atoms with van der Waals surface area (Å²) in [5, 5.41) is 0. The SMILES string of the molecule is CC1(C)c2ccccc2-c2ccc(N(c3ccc(-c4ccccc4)cc3)c3ccccc3-c3ccc4c(c3)-c3ccccc3[C@]43CC4C[C@@H]5C[C@H]3C[C@@H]5C4)cc21. The highest BCUT2D eigenvalue weighted by Gasteiger charge is 2.58. The van der Waals surface area contributed by atoms with Gasteiger partial charge in [0.05, 0.1) is 5.69 Å². The Kier molecular flexibility index (Phi) is 6.93. The van der Waals surface area contributed by atoms with E-state index in [0.717, 1.165) is 29.4 Å². The van der Waals surface area contributed by atoms with Gasteiger partial charge >= 0.3 is 0 Å².